The Hall–Kier alpha value is -3.09. The third kappa shape index (κ3) is 5.47. The molecule has 0 spiro atoms. The van der Waals surface area contributed by atoms with Gasteiger partial charge in [0, 0.05) is 24.1 Å². The molecule has 0 radical (unpaired) electrons. The van der Waals surface area contributed by atoms with E-state index < -0.39 is 0 Å². The van der Waals surface area contributed by atoms with Crippen molar-refractivity contribution in [1.29, 1.82) is 0 Å². The number of anilines is 1. The van der Waals surface area contributed by atoms with E-state index in [-0.39, 0.29) is 23.7 Å². The molecule has 1 aliphatic carbocycles. The molecule has 3 rings (SSSR count). The minimum Gasteiger partial charge on any atom is -0.497 e. The van der Waals surface area contributed by atoms with Crippen molar-refractivity contribution in [3.05, 3.63) is 48.3 Å². The molecule has 154 valence electrons. The van der Waals surface area contributed by atoms with Crippen LogP contribution in [0, 0.1) is 11.8 Å². The maximum atomic E-state index is 12.7. The predicted molar refractivity (Wildman–Crippen MR) is 110 cm³/mol. The summed E-state index contributed by atoms with van der Waals surface area (Å²) < 4.78 is 10.5. The average molecular weight is 397 g/mol. The van der Waals surface area contributed by atoms with Crippen LogP contribution < -0.4 is 20.1 Å². The van der Waals surface area contributed by atoms with Gasteiger partial charge >= 0.3 is 0 Å². The summed E-state index contributed by atoms with van der Waals surface area (Å²) in [5, 5.41) is 5.89. The van der Waals surface area contributed by atoms with Crippen molar-refractivity contribution in [2.75, 3.05) is 19.5 Å². The second-order valence-electron chi connectivity index (χ2n) is 7.14. The quantitative estimate of drug-likeness (QED) is 0.749. The molecule has 2 amide bonds. The van der Waals surface area contributed by atoms with E-state index in [0.29, 0.717) is 49.4 Å². The molecule has 1 aromatic heterocycles. The van der Waals surface area contributed by atoms with E-state index in [1.807, 2.05) is 18.2 Å². The molecule has 0 aliphatic heterocycles. The summed E-state index contributed by atoms with van der Waals surface area (Å²) in [6.07, 6.45) is 4.46. The Morgan fingerprint density at radius 2 is 1.72 bits per heavy atom. The number of nitrogens with one attached hydrogen (secondary N) is 2. The van der Waals surface area contributed by atoms with Gasteiger partial charge in [-0.1, -0.05) is 6.07 Å². The minimum atomic E-state index is -0.120. The Kier molecular flexibility index (Phi) is 7.05. The fourth-order valence-corrected chi connectivity index (χ4v) is 3.59. The van der Waals surface area contributed by atoms with Crippen LogP contribution in [0.15, 0.2) is 42.6 Å². The van der Waals surface area contributed by atoms with E-state index >= 15 is 0 Å². The van der Waals surface area contributed by atoms with Crippen LogP contribution in [0.2, 0.25) is 0 Å². The molecule has 0 saturated heterocycles. The van der Waals surface area contributed by atoms with Crippen LogP contribution in [0.25, 0.3) is 0 Å². The van der Waals surface area contributed by atoms with Gasteiger partial charge in [0.15, 0.2) is 0 Å². The zero-order valence-electron chi connectivity index (χ0n) is 16.8. The van der Waals surface area contributed by atoms with E-state index in [4.69, 9.17) is 9.47 Å². The van der Waals surface area contributed by atoms with Crippen molar-refractivity contribution in [2.24, 2.45) is 11.8 Å². The number of ether oxygens (including phenoxy) is 2. The highest BCUT2D eigenvalue weighted by molar-refractivity contribution is 5.94. The van der Waals surface area contributed by atoms with Crippen molar-refractivity contribution < 1.29 is 19.1 Å². The monoisotopic (exact) mass is 397 g/mol. The van der Waals surface area contributed by atoms with Gasteiger partial charge in [-0.25, -0.2) is 0 Å². The van der Waals surface area contributed by atoms with E-state index in [1.54, 1.807) is 38.6 Å². The molecular formula is C22H27N3O4. The van der Waals surface area contributed by atoms with Gasteiger partial charge in [0.1, 0.15) is 11.5 Å². The molecule has 0 bridgehead atoms. The summed E-state index contributed by atoms with van der Waals surface area (Å²) in [5.41, 5.74) is 1.42. The maximum Gasteiger partial charge on any atom is 0.227 e. The molecule has 0 atom stereocenters. The number of nitrogens with zero attached hydrogens (tertiary/aromatic N) is 1. The van der Waals surface area contributed by atoms with Crippen molar-refractivity contribution in [1.82, 2.24) is 10.3 Å². The Labute approximate surface area is 170 Å². The number of hydrogen-bond acceptors (Lipinski definition) is 5. The number of hydrogen-bond donors (Lipinski definition) is 2. The van der Waals surface area contributed by atoms with Gasteiger partial charge in [0.2, 0.25) is 11.8 Å². The molecule has 2 aromatic rings. The van der Waals surface area contributed by atoms with Crippen molar-refractivity contribution in [2.45, 2.75) is 32.2 Å². The fourth-order valence-electron chi connectivity index (χ4n) is 3.59. The molecule has 1 aromatic carbocycles. The van der Waals surface area contributed by atoms with Crippen molar-refractivity contribution in [3.8, 4) is 11.5 Å². The first-order valence-electron chi connectivity index (χ1n) is 9.81. The van der Waals surface area contributed by atoms with Gasteiger partial charge in [-0.05, 0) is 49.9 Å². The van der Waals surface area contributed by atoms with Crippen molar-refractivity contribution in [3.63, 3.8) is 0 Å². The smallest absolute Gasteiger partial charge is 0.227 e. The Morgan fingerprint density at radius 3 is 2.34 bits per heavy atom. The molecule has 2 N–H and O–H groups in total. The standard InChI is InChI=1S/C22H27N3O4/c1-28-18-10-11-20(29-2)19(13-18)25-22(27)16-8-6-15(7-9-16)21(26)24-14-17-5-3-4-12-23-17/h3-5,10-13,15-16H,6-9,14H2,1-2H3,(H,24,26)(H,25,27). The summed E-state index contributed by atoms with van der Waals surface area (Å²) in [6.45, 7) is 0.426. The van der Waals surface area contributed by atoms with Gasteiger partial charge in [-0.15, -0.1) is 0 Å². The van der Waals surface area contributed by atoms with Gasteiger partial charge in [-0.2, -0.15) is 0 Å². The van der Waals surface area contributed by atoms with Crippen LogP contribution in [-0.4, -0.2) is 31.0 Å². The zero-order chi connectivity index (χ0) is 20.6. The highest BCUT2D eigenvalue weighted by Crippen LogP contribution is 2.33. The Bertz CT molecular complexity index is 833. The lowest BCUT2D eigenvalue weighted by Crippen LogP contribution is -2.35. The number of carbonyl (C=O) groups excluding carboxylic acids is 2. The SMILES string of the molecule is COc1ccc(OC)c(NC(=O)C2CCC(C(=O)NCc3ccccn3)CC2)c1. The minimum absolute atomic E-state index is 0.0315. The second kappa shape index (κ2) is 9.91. The summed E-state index contributed by atoms with van der Waals surface area (Å²) >= 11 is 0. The summed E-state index contributed by atoms with van der Waals surface area (Å²) in [7, 11) is 3.14. The lowest BCUT2D eigenvalue weighted by molar-refractivity contribution is -0.128. The molecule has 1 heterocycles. The normalized spacial score (nSPS) is 18.6. The molecule has 7 heteroatoms. The zero-order valence-corrected chi connectivity index (χ0v) is 16.8. The summed E-state index contributed by atoms with van der Waals surface area (Å²) in [6, 6.07) is 10.9. The summed E-state index contributed by atoms with van der Waals surface area (Å²) in [4.78, 5) is 29.3. The number of methoxy groups -OCH3 is 2. The number of aromatic nitrogens is 1. The molecule has 7 nitrogen and oxygen atoms in total. The number of pyridine rings is 1. The third-order valence-electron chi connectivity index (χ3n) is 5.30. The largest absolute Gasteiger partial charge is 0.497 e. The first kappa shape index (κ1) is 20.6. The van der Waals surface area contributed by atoms with E-state index in [1.165, 1.54) is 0 Å². The van der Waals surface area contributed by atoms with E-state index in [0.717, 1.165) is 5.69 Å². The first-order chi connectivity index (χ1) is 14.1. The molecule has 0 unspecified atom stereocenters. The van der Waals surface area contributed by atoms with Crippen molar-refractivity contribution >= 4 is 17.5 Å². The number of amides is 2. The van der Waals surface area contributed by atoms with Gasteiger partial charge in [-0.3, -0.25) is 14.6 Å². The summed E-state index contributed by atoms with van der Waals surface area (Å²) in [5.74, 6) is 1.03. The first-order valence-corrected chi connectivity index (χ1v) is 9.81. The molecule has 29 heavy (non-hydrogen) atoms. The van der Waals surface area contributed by atoms with Crippen LogP contribution in [0.5, 0.6) is 11.5 Å². The molecule has 1 aliphatic rings. The van der Waals surface area contributed by atoms with Crippen LogP contribution in [-0.2, 0) is 16.1 Å². The van der Waals surface area contributed by atoms with Crippen LogP contribution >= 0.6 is 0 Å². The fraction of sp³-hybridized carbons (Fsp3) is 0.409. The van der Waals surface area contributed by atoms with E-state index in [9.17, 15) is 9.59 Å². The molecule has 1 saturated carbocycles. The molecule has 1 fully saturated rings. The molecular weight excluding hydrogens is 370 g/mol. The predicted octanol–water partition coefficient (Wildman–Crippen LogP) is 3.16. The van der Waals surface area contributed by atoms with Crippen LogP contribution in [0.3, 0.4) is 0 Å². The van der Waals surface area contributed by atoms with Gasteiger partial charge in [0.05, 0.1) is 32.1 Å². The Balaban J connectivity index is 1.50. The van der Waals surface area contributed by atoms with Gasteiger partial charge in [0.25, 0.3) is 0 Å². The average Bonchev–Trinajstić information content (AvgIpc) is 2.78. The lowest BCUT2D eigenvalue weighted by atomic mass is 9.81. The topological polar surface area (TPSA) is 89.5 Å². The van der Waals surface area contributed by atoms with E-state index in [2.05, 4.69) is 15.6 Å². The van der Waals surface area contributed by atoms with Crippen LogP contribution in [0.4, 0.5) is 5.69 Å². The highest BCUT2D eigenvalue weighted by Gasteiger charge is 2.30. The second-order valence-corrected chi connectivity index (χ2v) is 7.14. The van der Waals surface area contributed by atoms with Crippen LogP contribution in [0.1, 0.15) is 31.4 Å². The third-order valence-corrected chi connectivity index (χ3v) is 5.30. The number of benzene rings is 1. The highest BCUT2D eigenvalue weighted by atomic mass is 16.5. The maximum absolute atomic E-state index is 12.7. The number of rotatable bonds is 7. The number of carbonyl (C=O) groups is 2. The van der Waals surface area contributed by atoms with Gasteiger partial charge < -0.3 is 20.1 Å². The Morgan fingerprint density at radius 1 is 1.00 bits per heavy atom. The lowest BCUT2D eigenvalue weighted by Gasteiger charge is -2.27.